The minimum Gasteiger partial charge on any atom is -0.496 e. The Bertz CT molecular complexity index is 683. The second-order valence-corrected chi connectivity index (χ2v) is 8.16. The molecular weight excluding hydrogens is 332 g/mol. The predicted octanol–water partition coefficient (Wildman–Crippen LogP) is 6.39. The van der Waals surface area contributed by atoms with Gasteiger partial charge >= 0.3 is 0 Å². The molecule has 1 aliphatic heterocycles. The van der Waals surface area contributed by atoms with E-state index in [-0.39, 0.29) is 0 Å². The molecule has 1 aliphatic rings. The third-order valence-electron chi connectivity index (χ3n) is 6.01. The highest BCUT2D eigenvalue weighted by Gasteiger charge is 2.16. The number of ether oxygens (including phenoxy) is 1. The van der Waals surface area contributed by atoms with E-state index in [1.807, 2.05) is 0 Å². The van der Waals surface area contributed by atoms with Crippen molar-refractivity contribution in [2.45, 2.75) is 84.2 Å². The van der Waals surface area contributed by atoms with Gasteiger partial charge in [0.05, 0.1) is 12.6 Å². The molecule has 0 radical (unpaired) electrons. The van der Waals surface area contributed by atoms with Crippen molar-refractivity contribution < 1.29 is 4.74 Å². The minimum atomic E-state index is 1.03. The SMILES string of the molecule is CCCCCCCCn1cc(CN2CCCCCC2)c2c(OC)cccc21. The van der Waals surface area contributed by atoms with Crippen molar-refractivity contribution in [1.29, 1.82) is 0 Å². The van der Waals surface area contributed by atoms with Gasteiger partial charge < -0.3 is 9.30 Å². The van der Waals surface area contributed by atoms with Gasteiger partial charge in [0.15, 0.2) is 0 Å². The summed E-state index contributed by atoms with van der Waals surface area (Å²) in [4.78, 5) is 2.64. The highest BCUT2D eigenvalue weighted by atomic mass is 16.5. The maximum atomic E-state index is 5.73. The van der Waals surface area contributed by atoms with Gasteiger partial charge in [-0.25, -0.2) is 0 Å². The van der Waals surface area contributed by atoms with Crippen LogP contribution >= 0.6 is 0 Å². The summed E-state index contributed by atoms with van der Waals surface area (Å²) in [5.74, 6) is 1.03. The third kappa shape index (κ3) is 5.51. The largest absolute Gasteiger partial charge is 0.496 e. The van der Waals surface area contributed by atoms with E-state index in [2.05, 4.69) is 40.8 Å². The number of nitrogens with zero attached hydrogens (tertiary/aromatic N) is 2. The third-order valence-corrected chi connectivity index (χ3v) is 6.01. The number of likely N-dealkylation sites (tertiary alicyclic amines) is 1. The first kappa shape index (κ1) is 20.3. The molecule has 27 heavy (non-hydrogen) atoms. The molecule has 1 aromatic carbocycles. The first-order chi connectivity index (χ1) is 13.3. The predicted molar refractivity (Wildman–Crippen MR) is 116 cm³/mol. The molecular formula is C24H38N2O. The standard InChI is InChI=1S/C24H38N2O/c1-3-4-5-6-7-12-18-26-20-21(19-25-16-10-8-9-11-17-25)24-22(26)14-13-15-23(24)27-2/h13-15,20H,3-12,16-19H2,1-2H3. The van der Waals surface area contributed by atoms with Gasteiger partial charge in [0.25, 0.3) is 0 Å². The summed E-state index contributed by atoms with van der Waals surface area (Å²) in [6, 6.07) is 6.51. The van der Waals surface area contributed by atoms with Crippen LogP contribution in [0.2, 0.25) is 0 Å². The van der Waals surface area contributed by atoms with Crippen LogP contribution in [0.3, 0.4) is 0 Å². The number of fused-ring (bicyclic) bond motifs is 1. The monoisotopic (exact) mass is 370 g/mol. The molecule has 0 aliphatic carbocycles. The van der Waals surface area contributed by atoms with Crippen molar-refractivity contribution in [3.8, 4) is 5.75 Å². The van der Waals surface area contributed by atoms with Crippen molar-refractivity contribution in [1.82, 2.24) is 9.47 Å². The smallest absolute Gasteiger partial charge is 0.128 e. The molecule has 0 amide bonds. The number of unbranched alkanes of at least 4 members (excludes halogenated alkanes) is 5. The fourth-order valence-corrected chi connectivity index (χ4v) is 4.48. The van der Waals surface area contributed by atoms with Crippen molar-refractivity contribution in [3.63, 3.8) is 0 Å². The van der Waals surface area contributed by atoms with Crippen LogP contribution in [0.5, 0.6) is 5.75 Å². The normalized spacial score (nSPS) is 15.9. The van der Waals surface area contributed by atoms with Crippen molar-refractivity contribution in [3.05, 3.63) is 30.0 Å². The van der Waals surface area contributed by atoms with E-state index in [1.165, 1.54) is 93.8 Å². The molecule has 0 N–H and O–H groups in total. The molecule has 0 saturated carbocycles. The summed E-state index contributed by atoms with van der Waals surface area (Å²) in [6.45, 7) is 6.93. The summed E-state index contributed by atoms with van der Waals surface area (Å²) in [5, 5.41) is 1.33. The lowest BCUT2D eigenvalue weighted by molar-refractivity contribution is 0.277. The number of hydrogen-bond donors (Lipinski definition) is 0. The zero-order valence-corrected chi connectivity index (χ0v) is 17.5. The van der Waals surface area contributed by atoms with Gasteiger partial charge in [0.1, 0.15) is 5.75 Å². The molecule has 2 heterocycles. The van der Waals surface area contributed by atoms with Crippen molar-refractivity contribution in [2.24, 2.45) is 0 Å². The molecule has 150 valence electrons. The molecule has 3 heteroatoms. The number of aryl methyl sites for hydroxylation is 1. The van der Waals surface area contributed by atoms with Gasteiger partial charge in [0.2, 0.25) is 0 Å². The molecule has 0 atom stereocenters. The van der Waals surface area contributed by atoms with Crippen LogP contribution in [0, 0.1) is 0 Å². The molecule has 0 unspecified atom stereocenters. The van der Waals surface area contributed by atoms with Crippen LogP contribution in [0.15, 0.2) is 24.4 Å². The van der Waals surface area contributed by atoms with Gasteiger partial charge in [-0.3, -0.25) is 4.90 Å². The molecule has 1 saturated heterocycles. The van der Waals surface area contributed by atoms with E-state index < -0.39 is 0 Å². The fraction of sp³-hybridized carbons (Fsp3) is 0.667. The Balaban J connectivity index is 1.73. The second-order valence-electron chi connectivity index (χ2n) is 8.16. The highest BCUT2D eigenvalue weighted by Crippen LogP contribution is 2.32. The Morgan fingerprint density at radius 2 is 1.67 bits per heavy atom. The average molecular weight is 371 g/mol. The Morgan fingerprint density at radius 1 is 0.926 bits per heavy atom. The molecule has 1 aromatic heterocycles. The van der Waals surface area contributed by atoms with Crippen LogP contribution in [-0.4, -0.2) is 29.7 Å². The highest BCUT2D eigenvalue weighted by molar-refractivity contribution is 5.90. The van der Waals surface area contributed by atoms with Crippen LogP contribution in [0.25, 0.3) is 10.9 Å². The average Bonchev–Trinajstić information content (AvgIpc) is 2.86. The van der Waals surface area contributed by atoms with E-state index >= 15 is 0 Å². The number of methoxy groups -OCH3 is 1. The van der Waals surface area contributed by atoms with Crippen LogP contribution in [0.1, 0.15) is 76.7 Å². The first-order valence-electron chi connectivity index (χ1n) is 11.2. The van der Waals surface area contributed by atoms with Gasteiger partial charge in [-0.15, -0.1) is 0 Å². The zero-order chi connectivity index (χ0) is 18.9. The number of rotatable bonds is 10. The molecule has 2 aromatic rings. The van der Waals surface area contributed by atoms with Crippen molar-refractivity contribution in [2.75, 3.05) is 20.2 Å². The second kappa shape index (κ2) is 10.8. The topological polar surface area (TPSA) is 17.4 Å². The fourth-order valence-electron chi connectivity index (χ4n) is 4.48. The molecule has 0 spiro atoms. The Morgan fingerprint density at radius 3 is 2.41 bits per heavy atom. The van der Waals surface area contributed by atoms with Gasteiger partial charge in [-0.05, 0) is 50.0 Å². The first-order valence-corrected chi connectivity index (χ1v) is 11.2. The van der Waals surface area contributed by atoms with Crippen LogP contribution < -0.4 is 4.74 Å². The number of hydrogen-bond acceptors (Lipinski definition) is 2. The van der Waals surface area contributed by atoms with E-state index in [9.17, 15) is 0 Å². The van der Waals surface area contributed by atoms with Crippen LogP contribution in [-0.2, 0) is 13.1 Å². The summed E-state index contributed by atoms with van der Waals surface area (Å²) >= 11 is 0. The minimum absolute atomic E-state index is 1.03. The van der Waals surface area contributed by atoms with Gasteiger partial charge in [-0.1, -0.05) is 57.9 Å². The zero-order valence-electron chi connectivity index (χ0n) is 17.5. The lowest BCUT2D eigenvalue weighted by Crippen LogP contribution is -2.23. The van der Waals surface area contributed by atoms with E-state index in [0.717, 1.165) is 18.8 Å². The van der Waals surface area contributed by atoms with E-state index in [4.69, 9.17) is 4.74 Å². The van der Waals surface area contributed by atoms with Crippen LogP contribution in [0.4, 0.5) is 0 Å². The Kier molecular flexibility index (Phi) is 8.07. The molecule has 1 fully saturated rings. The Labute approximate surface area is 165 Å². The summed E-state index contributed by atoms with van der Waals surface area (Å²) in [7, 11) is 1.80. The maximum absolute atomic E-state index is 5.73. The number of benzene rings is 1. The van der Waals surface area contributed by atoms with E-state index in [1.54, 1.807) is 7.11 Å². The van der Waals surface area contributed by atoms with Crippen molar-refractivity contribution >= 4 is 10.9 Å². The molecule has 0 bridgehead atoms. The molecule has 3 rings (SSSR count). The Hall–Kier alpha value is -1.48. The number of aromatic nitrogens is 1. The summed E-state index contributed by atoms with van der Waals surface area (Å²) in [5.41, 5.74) is 2.78. The maximum Gasteiger partial charge on any atom is 0.128 e. The lowest BCUT2D eigenvalue weighted by atomic mass is 10.1. The summed E-state index contributed by atoms with van der Waals surface area (Å²) < 4.78 is 8.21. The van der Waals surface area contributed by atoms with Gasteiger partial charge in [0, 0.05) is 24.7 Å². The summed E-state index contributed by atoms with van der Waals surface area (Å²) in [6.07, 6.45) is 15.9. The molecule has 3 nitrogen and oxygen atoms in total. The lowest BCUT2D eigenvalue weighted by Gasteiger charge is -2.19. The van der Waals surface area contributed by atoms with E-state index in [0.29, 0.717) is 0 Å². The quantitative estimate of drug-likeness (QED) is 0.451. The van der Waals surface area contributed by atoms with Gasteiger partial charge in [-0.2, -0.15) is 0 Å².